The number of carbonyl (C=O) groups excluding carboxylic acids is 2. The molecule has 4 rings (SSSR count). The Morgan fingerprint density at radius 2 is 2.08 bits per heavy atom. The highest BCUT2D eigenvalue weighted by Gasteiger charge is 2.44. The van der Waals surface area contributed by atoms with E-state index < -0.39 is 0 Å². The minimum absolute atomic E-state index is 0.0517. The van der Waals surface area contributed by atoms with E-state index in [1.54, 1.807) is 30.2 Å². The lowest BCUT2D eigenvalue weighted by atomic mass is 10.1. The van der Waals surface area contributed by atoms with Crippen molar-refractivity contribution in [2.24, 2.45) is 5.92 Å². The summed E-state index contributed by atoms with van der Waals surface area (Å²) in [4.78, 5) is 29.6. The van der Waals surface area contributed by atoms with E-state index in [4.69, 9.17) is 16.3 Å². The molecule has 0 saturated carbocycles. The number of hydrogen-bond acceptors (Lipinski definition) is 4. The molecule has 140 valence electrons. The molecule has 3 aliphatic rings. The van der Waals surface area contributed by atoms with Crippen LogP contribution in [0, 0.1) is 5.92 Å². The first-order valence-corrected chi connectivity index (χ1v) is 9.63. The number of anilines is 1. The van der Waals surface area contributed by atoms with Crippen LogP contribution in [0.15, 0.2) is 18.2 Å². The van der Waals surface area contributed by atoms with Crippen LogP contribution in [0.5, 0.6) is 5.75 Å². The number of halogens is 1. The largest absolute Gasteiger partial charge is 0.495 e. The van der Waals surface area contributed by atoms with Crippen molar-refractivity contribution in [2.75, 3.05) is 31.6 Å². The Labute approximate surface area is 158 Å². The third-order valence-corrected chi connectivity index (χ3v) is 6.05. The molecule has 1 aromatic rings. The highest BCUT2D eigenvalue weighted by molar-refractivity contribution is 6.31. The van der Waals surface area contributed by atoms with Gasteiger partial charge in [-0.05, 0) is 44.0 Å². The second kappa shape index (κ2) is 7.08. The van der Waals surface area contributed by atoms with E-state index in [2.05, 4.69) is 10.2 Å². The van der Waals surface area contributed by atoms with Crippen molar-refractivity contribution in [2.45, 2.75) is 37.8 Å². The molecule has 3 saturated heterocycles. The Hall–Kier alpha value is -1.79. The molecule has 26 heavy (non-hydrogen) atoms. The topological polar surface area (TPSA) is 61.9 Å². The van der Waals surface area contributed by atoms with Crippen LogP contribution < -0.4 is 15.0 Å². The van der Waals surface area contributed by atoms with Crippen LogP contribution in [0.2, 0.25) is 5.02 Å². The Morgan fingerprint density at radius 3 is 2.88 bits per heavy atom. The number of nitrogens with one attached hydrogen (secondary N) is 1. The highest BCUT2D eigenvalue weighted by atomic mass is 35.5. The number of hydrogen-bond donors (Lipinski definition) is 1. The SMILES string of the molecule is COc1ccc(Cl)cc1N1CC(C(=O)N2C3CCNCC2CC3)CC1=O. The molecule has 3 atom stereocenters. The maximum Gasteiger partial charge on any atom is 0.228 e. The maximum absolute atomic E-state index is 13.2. The summed E-state index contributed by atoms with van der Waals surface area (Å²) >= 11 is 6.11. The molecule has 3 heterocycles. The minimum Gasteiger partial charge on any atom is -0.495 e. The number of carbonyl (C=O) groups is 2. The Bertz CT molecular complexity index is 712. The molecule has 2 bridgehead atoms. The summed E-state index contributed by atoms with van der Waals surface area (Å²) in [6.45, 7) is 2.20. The summed E-state index contributed by atoms with van der Waals surface area (Å²) in [7, 11) is 1.57. The van der Waals surface area contributed by atoms with Crippen molar-refractivity contribution < 1.29 is 14.3 Å². The van der Waals surface area contributed by atoms with E-state index in [0.29, 0.717) is 29.0 Å². The van der Waals surface area contributed by atoms with Crippen molar-refractivity contribution in [3.8, 4) is 5.75 Å². The fraction of sp³-hybridized carbons (Fsp3) is 0.579. The van der Waals surface area contributed by atoms with Gasteiger partial charge in [0, 0.05) is 36.6 Å². The molecular formula is C19H24ClN3O3. The number of ether oxygens (including phenoxy) is 1. The lowest BCUT2D eigenvalue weighted by Crippen LogP contribution is -2.46. The predicted molar refractivity (Wildman–Crippen MR) is 99.6 cm³/mol. The summed E-state index contributed by atoms with van der Waals surface area (Å²) in [6, 6.07) is 5.78. The number of amides is 2. The van der Waals surface area contributed by atoms with Crippen molar-refractivity contribution in [1.29, 1.82) is 0 Å². The van der Waals surface area contributed by atoms with Gasteiger partial charge in [-0.15, -0.1) is 0 Å². The van der Waals surface area contributed by atoms with Crippen molar-refractivity contribution in [3.05, 3.63) is 23.2 Å². The smallest absolute Gasteiger partial charge is 0.228 e. The zero-order valence-electron chi connectivity index (χ0n) is 14.9. The fourth-order valence-corrected chi connectivity index (χ4v) is 4.70. The highest BCUT2D eigenvalue weighted by Crippen LogP contribution is 2.37. The number of nitrogens with zero attached hydrogens (tertiary/aromatic N) is 2. The molecule has 7 heteroatoms. The van der Waals surface area contributed by atoms with Gasteiger partial charge in [-0.1, -0.05) is 11.6 Å². The van der Waals surface area contributed by atoms with Gasteiger partial charge in [0.25, 0.3) is 0 Å². The molecule has 0 aromatic heterocycles. The van der Waals surface area contributed by atoms with Crippen LogP contribution in [0.4, 0.5) is 5.69 Å². The van der Waals surface area contributed by atoms with Gasteiger partial charge in [-0.3, -0.25) is 9.59 Å². The third-order valence-electron chi connectivity index (χ3n) is 5.81. The lowest BCUT2D eigenvalue weighted by molar-refractivity contribution is -0.138. The summed E-state index contributed by atoms with van der Waals surface area (Å²) < 4.78 is 5.38. The second-order valence-electron chi connectivity index (χ2n) is 7.34. The number of fused-ring (bicyclic) bond motifs is 2. The third kappa shape index (κ3) is 3.05. The van der Waals surface area contributed by atoms with Crippen molar-refractivity contribution >= 4 is 29.1 Å². The van der Waals surface area contributed by atoms with Crippen LogP contribution in [-0.4, -0.2) is 55.5 Å². The number of rotatable bonds is 3. The van der Waals surface area contributed by atoms with E-state index in [1.165, 1.54) is 0 Å². The average molecular weight is 378 g/mol. The maximum atomic E-state index is 13.2. The molecule has 1 N–H and O–H groups in total. The van der Waals surface area contributed by atoms with E-state index in [-0.39, 0.29) is 30.2 Å². The van der Waals surface area contributed by atoms with Gasteiger partial charge in [0.1, 0.15) is 5.75 Å². The summed E-state index contributed by atoms with van der Waals surface area (Å²) in [5, 5.41) is 3.96. The first-order chi connectivity index (χ1) is 12.6. The summed E-state index contributed by atoms with van der Waals surface area (Å²) in [5.41, 5.74) is 0.640. The van der Waals surface area contributed by atoms with Crippen LogP contribution in [0.1, 0.15) is 25.7 Å². The van der Waals surface area contributed by atoms with Gasteiger partial charge in [0.2, 0.25) is 11.8 Å². The summed E-state index contributed by atoms with van der Waals surface area (Å²) in [5.74, 6) is 0.365. The Balaban J connectivity index is 1.55. The predicted octanol–water partition coefficient (Wildman–Crippen LogP) is 2.05. The molecule has 2 amide bonds. The van der Waals surface area contributed by atoms with Gasteiger partial charge in [-0.25, -0.2) is 0 Å². The van der Waals surface area contributed by atoms with Crippen molar-refractivity contribution in [1.82, 2.24) is 10.2 Å². The normalized spacial score (nSPS) is 28.4. The van der Waals surface area contributed by atoms with Crippen LogP contribution in [0.25, 0.3) is 0 Å². The zero-order valence-corrected chi connectivity index (χ0v) is 15.7. The van der Waals surface area contributed by atoms with E-state index in [9.17, 15) is 9.59 Å². The first kappa shape index (κ1) is 17.6. The number of methoxy groups -OCH3 is 1. The van der Waals surface area contributed by atoms with Crippen LogP contribution in [0.3, 0.4) is 0 Å². The summed E-state index contributed by atoms with van der Waals surface area (Å²) in [6.07, 6.45) is 3.37. The molecule has 1 aromatic carbocycles. The number of benzene rings is 1. The van der Waals surface area contributed by atoms with Gasteiger partial charge in [0.15, 0.2) is 0 Å². The minimum atomic E-state index is -0.299. The molecule has 0 spiro atoms. The molecular weight excluding hydrogens is 354 g/mol. The van der Waals surface area contributed by atoms with Crippen LogP contribution in [-0.2, 0) is 9.59 Å². The van der Waals surface area contributed by atoms with E-state index in [0.717, 1.165) is 32.4 Å². The Kier molecular flexibility index (Phi) is 4.80. The second-order valence-corrected chi connectivity index (χ2v) is 7.78. The molecule has 3 aliphatic heterocycles. The van der Waals surface area contributed by atoms with E-state index in [1.807, 2.05) is 0 Å². The standard InChI is InChI=1S/C19H24ClN3O3/c1-26-17-5-2-13(20)9-16(17)22-11-12(8-18(22)24)19(25)23-14-3-4-15(23)10-21-7-6-14/h2,5,9,12,14-15,21H,3-4,6-8,10-11H2,1H3. The molecule has 6 nitrogen and oxygen atoms in total. The molecule has 3 fully saturated rings. The zero-order chi connectivity index (χ0) is 18.3. The first-order valence-electron chi connectivity index (χ1n) is 9.25. The lowest BCUT2D eigenvalue weighted by Gasteiger charge is -2.30. The molecule has 3 unspecified atom stereocenters. The fourth-order valence-electron chi connectivity index (χ4n) is 4.53. The quantitative estimate of drug-likeness (QED) is 0.875. The molecule has 0 radical (unpaired) electrons. The van der Waals surface area contributed by atoms with Gasteiger partial charge in [-0.2, -0.15) is 0 Å². The van der Waals surface area contributed by atoms with Gasteiger partial charge < -0.3 is 19.9 Å². The van der Waals surface area contributed by atoms with Gasteiger partial charge in [0.05, 0.1) is 18.7 Å². The monoisotopic (exact) mass is 377 g/mol. The van der Waals surface area contributed by atoms with Crippen molar-refractivity contribution in [3.63, 3.8) is 0 Å². The Morgan fingerprint density at radius 1 is 1.27 bits per heavy atom. The average Bonchev–Trinajstić information content (AvgIpc) is 3.13. The van der Waals surface area contributed by atoms with Gasteiger partial charge >= 0.3 is 0 Å². The van der Waals surface area contributed by atoms with Crippen LogP contribution >= 0.6 is 11.6 Å². The molecule has 0 aliphatic carbocycles. The van der Waals surface area contributed by atoms with E-state index >= 15 is 0 Å².